The van der Waals surface area contributed by atoms with Gasteiger partial charge in [0.25, 0.3) is 0 Å². The molecule has 0 aromatic carbocycles. The van der Waals surface area contributed by atoms with Crippen LogP contribution in [0.5, 0.6) is 0 Å². The van der Waals surface area contributed by atoms with Gasteiger partial charge in [-0.3, -0.25) is 0 Å². The molecule has 0 aromatic rings. The predicted octanol–water partition coefficient (Wildman–Crippen LogP) is 12.7. The van der Waals surface area contributed by atoms with Crippen molar-refractivity contribution in [3.05, 3.63) is 0 Å². The Bertz CT molecular complexity index is 461. The lowest BCUT2D eigenvalue weighted by atomic mass is 10.0. The lowest BCUT2D eigenvalue weighted by Crippen LogP contribution is -2.46. The van der Waals surface area contributed by atoms with Crippen LogP contribution in [0.4, 0.5) is 0 Å². The maximum absolute atomic E-state index is 2.36. The molecule has 1 saturated heterocycles. The summed E-state index contributed by atoms with van der Waals surface area (Å²) in [4.78, 5) is 0. The summed E-state index contributed by atoms with van der Waals surface area (Å²) in [7, 11) is 0. The van der Waals surface area contributed by atoms with E-state index in [1.54, 1.807) is 0 Å². The maximum Gasteiger partial charge on any atom is 0.0788 e. The molecule has 228 valence electrons. The molecule has 0 aromatic heterocycles. The molecule has 1 heteroatoms. The van der Waals surface area contributed by atoms with E-state index in [0.29, 0.717) is 0 Å². The van der Waals surface area contributed by atoms with Crippen LogP contribution in [-0.4, -0.2) is 30.7 Å². The van der Waals surface area contributed by atoms with Gasteiger partial charge in [-0.15, -0.1) is 0 Å². The number of hydrogen-bond acceptors (Lipinski definition) is 0. The molecular formula is C37H76N+. The Balaban J connectivity index is 1.87. The number of quaternary nitrogens is 1. The molecule has 0 saturated carbocycles. The summed E-state index contributed by atoms with van der Waals surface area (Å²) in [5, 5.41) is 0. The highest BCUT2D eigenvalue weighted by atomic mass is 15.4. The molecule has 1 heterocycles. The second kappa shape index (κ2) is 25.9. The lowest BCUT2D eigenvalue weighted by molar-refractivity contribution is -0.917. The van der Waals surface area contributed by atoms with Crippen LogP contribution in [0.3, 0.4) is 0 Å². The van der Waals surface area contributed by atoms with E-state index in [2.05, 4.69) is 27.7 Å². The second-order valence-corrected chi connectivity index (χ2v) is 14.4. The first-order valence-corrected chi connectivity index (χ1v) is 18.4. The largest absolute Gasteiger partial charge is 0.324 e. The van der Waals surface area contributed by atoms with Gasteiger partial charge in [0, 0.05) is 12.8 Å². The first kappa shape index (κ1) is 36.0. The third-order valence-corrected chi connectivity index (χ3v) is 9.59. The summed E-state index contributed by atoms with van der Waals surface area (Å²) in [5.41, 5.74) is 0. The fourth-order valence-electron chi connectivity index (χ4n) is 6.92. The number of likely N-dealkylation sites (tertiary alicyclic amines) is 1. The van der Waals surface area contributed by atoms with Crippen molar-refractivity contribution in [2.75, 3.05) is 26.2 Å². The van der Waals surface area contributed by atoms with Crippen LogP contribution in [-0.2, 0) is 0 Å². The van der Waals surface area contributed by atoms with Crippen molar-refractivity contribution in [3.63, 3.8) is 0 Å². The van der Waals surface area contributed by atoms with Crippen molar-refractivity contribution < 1.29 is 4.48 Å². The molecule has 0 spiro atoms. The van der Waals surface area contributed by atoms with Crippen LogP contribution in [0.1, 0.15) is 201 Å². The zero-order chi connectivity index (χ0) is 27.6. The molecule has 0 N–H and O–H groups in total. The number of hydrogen-bond donors (Lipinski definition) is 0. The van der Waals surface area contributed by atoms with Gasteiger partial charge in [0.15, 0.2) is 0 Å². The first-order valence-electron chi connectivity index (χ1n) is 18.4. The minimum absolute atomic E-state index is 0.894. The van der Waals surface area contributed by atoms with Gasteiger partial charge in [-0.2, -0.15) is 0 Å². The Morgan fingerprint density at radius 1 is 0.342 bits per heavy atom. The zero-order valence-corrected chi connectivity index (χ0v) is 27.5. The predicted molar refractivity (Wildman–Crippen MR) is 174 cm³/mol. The van der Waals surface area contributed by atoms with E-state index in [0.717, 1.165) is 11.8 Å². The highest BCUT2D eigenvalue weighted by molar-refractivity contribution is 4.58. The molecule has 1 aliphatic heterocycles. The molecule has 0 atom stereocenters. The minimum Gasteiger partial charge on any atom is -0.324 e. The van der Waals surface area contributed by atoms with Crippen molar-refractivity contribution in [2.45, 2.75) is 201 Å². The third kappa shape index (κ3) is 22.7. The van der Waals surface area contributed by atoms with E-state index in [4.69, 9.17) is 0 Å². The number of rotatable bonds is 29. The van der Waals surface area contributed by atoms with E-state index >= 15 is 0 Å². The third-order valence-electron chi connectivity index (χ3n) is 9.59. The van der Waals surface area contributed by atoms with Crippen LogP contribution >= 0.6 is 0 Å². The van der Waals surface area contributed by atoms with Crippen molar-refractivity contribution >= 4 is 0 Å². The summed E-state index contributed by atoms with van der Waals surface area (Å²) in [6, 6.07) is 0. The van der Waals surface area contributed by atoms with Crippen molar-refractivity contribution in [3.8, 4) is 0 Å². The molecule has 0 unspecified atom stereocenters. The summed E-state index contributed by atoms with van der Waals surface area (Å²) in [6.45, 7) is 15.4. The number of nitrogens with zero attached hydrogens (tertiary/aromatic N) is 1. The fraction of sp³-hybridized carbons (Fsp3) is 1.00. The zero-order valence-electron chi connectivity index (χ0n) is 27.5. The molecule has 0 amide bonds. The Kier molecular flexibility index (Phi) is 24.5. The molecule has 0 bridgehead atoms. The summed E-state index contributed by atoms with van der Waals surface area (Å²) in [5.74, 6) is 1.79. The molecule has 1 fully saturated rings. The molecule has 38 heavy (non-hydrogen) atoms. The molecular weight excluding hydrogens is 458 g/mol. The lowest BCUT2D eigenvalue weighted by Gasteiger charge is -2.34. The SMILES string of the molecule is CC(C)CCCCCCCCCCCCCCCC[N+]1(CCCCCCCCCCCC(C)C)CCCC1. The van der Waals surface area contributed by atoms with Gasteiger partial charge in [-0.1, -0.05) is 163 Å². The van der Waals surface area contributed by atoms with E-state index in [9.17, 15) is 0 Å². The highest BCUT2D eigenvalue weighted by Crippen LogP contribution is 2.23. The molecule has 1 aliphatic rings. The van der Waals surface area contributed by atoms with Crippen molar-refractivity contribution in [1.82, 2.24) is 0 Å². The molecule has 1 nitrogen and oxygen atoms in total. The quantitative estimate of drug-likeness (QED) is 0.0661. The van der Waals surface area contributed by atoms with Crippen LogP contribution in [0.2, 0.25) is 0 Å². The van der Waals surface area contributed by atoms with Crippen LogP contribution < -0.4 is 0 Å². The first-order chi connectivity index (χ1) is 18.5. The van der Waals surface area contributed by atoms with Gasteiger partial charge in [0.1, 0.15) is 0 Å². The van der Waals surface area contributed by atoms with Crippen LogP contribution in [0.25, 0.3) is 0 Å². The van der Waals surface area contributed by atoms with Gasteiger partial charge >= 0.3 is 0 Å². The normalized spacial score (nSPS) is 15.3. The van der Waals surface area contributed by atoms with Gasteiger partial charge in [-0.25, -0.2) is 0 Å². The van der Waals surface area contributed by atoms with Crippen LogP contribution in [0.15, 0.2) is 0 Å². The summed E-state index contributed by atoms with van der Waals surface area (Å²) in [6.07, 6.45) is 40.0. The monoisotopic (exact) mass is 535 g/mol. The Hall–Kier alpha value is -0.0400. The van der Waals surface area contributed by atoms with E-state index in [1.807, 2.05) is 0 Å². The van der Waals surface area contributed by atoms with E-state index in [-0.39, 0.29) is 0 Å². The Morgan fingerprint density at radius 3 is 0.842 bits per heavy atom. The second-order valence-electron chi connectivity index (χ2n) is 14.4. The average Bonchev–Trinajstić information content (AvgIpc) is 3.35. The van der Waals surface area contributed by atoms with E-state index in [1.165, 1.54) is 204 Å². The Morgan fingerprint density at radius 2 is 0.579 bits per heavy atom. The topological polar surface area (TPSA) is 0 Å². The molecule has 0 radical (unpaired) electrons. The smallest absolute Gasteiger partial charge is 0.0788 e. The highest BCUT2D eigenvalue weighted by Gasteiger charge is 2.30. The van der Waals surface area contributed by atoms with Crippen LogP contribution in [0, 0.1) is 11.8 Å². The van der Waals surface area contributed by atoms with Gasteiger partial charge in [0.05, 0.1) is 26.2 Å². The summed E-state index contributed by atoms with van der Waals surface area (Å²) >= 11 is 0. The maximum atomic E-state index is 2.36. The standard InChI is InChI=1S/C37H76N/c1-36(2)30-24-20-16-12-9-7-5-6-8-10-14-18-22-26-32-38(34-28-29-35-38)33-27-23-19-15-11-13-17-21-25-31-37(3)4/h36-37H,5-35H2,1-4H3/q+1. The van der Waals surface area contributed by atoms with Crippen molar-refractivity contribution in [1.29, 1.82) is 0 Å². The van der Waals surface area contributed by atoms with Gasteiger partial charge < -0.3 is 4.48 Å². The minimum atomic E-state index is 0.894. The van der Waals surface area contributed by atoms with Crippen molar-refractivity contribution in [2.24, 2.45) is 11.8 Å². The van der Waals surface area contributed by atoms with Gasteiger partial charge in [0.2, 0.25) is 0 Å². The van der Waals surface area contributed by atoms with Gasteiger partial charge in [-0.05, 0) is 37.5 Å². The summed E-state index contributed by atoms with van der Waals surface area (Å²) < 4.78 is 1.49. The molecule has 0 aliphatic carbocycles. The molecule has 1 rings (SSSR count). The average molecular weight is 535 g/mol. The van der Waals surface area contributed by atoms with E-state index < -0.39 is 0 Å². The number of unbranched alkanes of at least 4 members (excludes halogenated alkanes) is 21. The fourth-order valence-corrected chi connectivity index (χ4v) is 6.92. The Labute approximate surface area is 243 Å².